The van der Waals surface area contributed by atoms with Gasteiger partial charge in [-0.3, -0.25) is 4.79 Å². The van der Waals surface area contributed by atoms with Crippen LogP contribution in [0.4, 0.5) is 4.39 Å². The standard InChI is InChI=1S/C13H10FN3OS2/c1-2-19-13-11(17-7-15-6-16-17)12(18)9-4-3-8(14)5-10(9)20-13/h3-7H,2H2,1H3. The Balaban J connectivity index is 2.37. The Morgan fingerprint density at radius 2 is 2.30 bits per heavy atom. The Bertz CT molecular complexity index is 814. The molecule has 4 nitrogen and oxygen atoms in total. The molecule has 102 valence electrons. The van der Waals surface area contributed by atoms with E-state index >= 15 is 0 Å². The van der Waals surface area contributed by atoms with Gasteiger partial charge in [0, 0.05) is 10.1 Å². The first-order chi connectivity index (χ1) is 9.70. The van der Waals surface area contributed by atoms with Crippen molar-refractivity contribution >= 4 is 33.2 Å². The lowest BCUT2D eigenvalue weighted by molar-refractivity contribution is 0.630. The van der Waals surface area contributed by atoms with Crippen LogP contribution < -0.4 is 5.43 Å². The third-order valence-electron chi connectivity index (χ3n) is 2.72. The second kappa shape index (κ2) is 5.34. The summed E-state index contributed by atoms with van der Waals surface area (Å²) in [7, 11) is 0. The van der Waals surface area contributed by atoms with Gasteiger partial charge in [0.05, 0.1) is 4.21 Å². The highest BCUT2D eigenvalue weighted by atomic mass is 32.2. The van der Waals surface area contributed by atoms with Crippen molar-refractivity contribution in [3.63, 3.8) is 0 Å². The maximum Gasteiger partial charge on any atom is 0.214 e. The maximum absolute atomic E-state index is 13.3. The van der Waals surface area contributed by atoms with Crippen molar-refractivity contribution < 1.29 is 4.39 Å². The van der Waals surface area contributed by atoms with E-state index in [1.54, 1.807) is 11.8 Å². The molecule has 2 heterocycles. The van der Waals surface area contributed by atoms with Gasteiger partial charge in [0.1, 0.15) is 24.2 Å². The van der Waals surface area contributed by atoms with Gasteiger partial charge in [0.15, 0.2) is 0 Å². The van der Waals surface area contributed by atoms with Gasteiger partial charge in [-0.05, 0) is 24.0 Å². The Morgan fingerprint density at radius 3 is 3.00 bits per heavy atom. The minimum absolute atomic E-state index is 0.153. The molecule has 1 aromatic carbocycles. The van der Waals surface area contributed by atoms with Crippen LogP contribution in [0, 0.1) is 5.82 Å². The molecule has 3 rings (SSSR count). The van der Waals surface area contributed by atoms with Crippen molar-refractivity contribution in [2.24, 2.45) is 0 Å². The van der Waals surface area contributed by atoms with Gasteiger partial charge in [-0.2, -0.15) is 5.10 Å². The van der Waals surface area contributed by atoms with E-state index in [0.717, 1.165) is 9.96 Å². The van der Waals surface area contributed by atoms with Gasteiger partial charge in [-0.15, -0.1) is 23.1 Å². The van der Waals surface area contributed by atoms with E-state index in [1.165, 1.54) is 46.9 Å². The van der Waals surface area contributed by atoms with Gasteiger partial charge < -0.3 is 0 Å². The molecular formula is C13H10FN3OS2. The number of hydrogen-bond acceptors (Lipinski definition) is 5. The second-order valence-corrected chi connectivity index (χ2v) is 6.57. The summed E-state index contributed by atoms with van der Waals surface area (Å²) in [6.45, 7) is 2.00. The zero-order valence-corrected chi connectivity index (χ0v) is 12.2. The Hall–Kier alpha value is -1.73. The van der Waals surface area contributed by atoms with Crippen molar-refractivity contribution in [1.29, 1.82) is 0 Å². The lowest BCUT2D eigenvalue weighted by Gasteiger charge is -2.08. The van der Waals surface area contributed by atoms with Crippen molar-refractivity contribution in [1.82, 2.24) is 14.8 Å². The van der Waals surface area contributed by atoms with Crippen molar-refractivity contribution in [3.8, 4) is 5.69 Å². The van der Waals surface area contributed by atoms with Crippen LogP contribution in [0.2, 0.25) is 0 Å². The molecule has 0 unspecified atom stereocenters. The number of thioether (sulfide) groups is 1. The third kappa shape index (κ3) is 2.23. The van der Waals surface area contributed by atoms with Crippen LogP contribution in [0.15, 0.2) is 39.9 Å². The van der Waals surface area contributed by atoms with Crippen LogP contribution >= 0.6 is 23.1 Å². The lowest BCUT2D eigenvalue weighted by atomic mass is 10.2. The monoisotopic (exact) mass is 307 g/mol. The Labute approximate surface area is 122 Å². The molecule has 2 aromatic heterocycles. The predicted molar refractivity (Wildman–Crippen MR) is 79.4 cm³/mol. The topological polar surface area (TPSA) is 47.8 Å². The Morgan fingerprint density at radius 1 is 1.45 bits per heavy atom. The zero-order valence-electron chi connectivity index (χ0n) is 10.5. The van der Waals surface area contributed by atoms with Crippen LogP contribution in [-0.4, -0.2) is 20.5 Å². The number of aromatic nitrogens is 3. The maximum atomic E-state index is 13.3. The molecule has 0 atom stereocenters. The molecule has 0 saturated heterocycles. The average molecular weight is 307 g/mol. The molecule has 0 saturated carbocycles. The smallest absolute Gasteiger partial charge is 0.214 e. The first kappa shape index (κ1) is 13.3. The minimum Gasteiger partial charge on any atom is -0.287 e. The van der Waals surface area contributed by atoms with E-state index in [-0.39, 0.29) is 11.2 Å². The SMILES string of the molecule is CCSc1sc2cc(F)ccc2c(=O)c1-n1cncn1. The molecule has 0 amide bonds. The first-order valence-electron chi connectivity index (χ1n) is 5.95. The van der Waals surface area contributed by atoms with E-state index in [2.05, 4.69) is 10.1 Å². The molecule has 0 aliphatic rings. The third-order valence-corrected chi connectivity index (χ3v) is 5.01. The van der Waals surface area contributed by atoms with Crippen LogP contribution in [0.5, 0.6) is 0 Å². The van der Waals surface area contributed by atoms with Crippen molar-refractivity contribution in [2.75, 3.05) is 5.75 Å². The number of hydrogen-bond donors (Lipinski definition) is 0. The van der Waals surface area contributed by atoms with Gasteiger partial charge in [0.2, 0.25) is 5.43 Å². The molecule has 0 aliphatic heterocycles. The summed E-state index contributed by atoms with van der Waals surface area (Å²) in [6.07, 6.45) is 2.89. The summed E-state index contributed by atoms with van der Waals surface area (Å²) in [5.41, 5.74) is 0.332. The molecule has 0 bridgehead atoms. The van der Waals surface area contributed by atoms with E-state index in [0.29, 0.717) is 15.8 Å². The lowest BCUT2D eigenvalue weighted by Crippen LogP contribution is -2.13. The first-order valence-corrected chi connectivity index (χ1v) is 7.75. The highest BCUT2D eigenvalue weighted by Crippen LogP contribution is 2.32. The van der Waals surface area contributed by atoms with Gasteiger partial charge in [0.25, 0.3) is 0 Å². The summed E-state index contributed by atoms with van der Waals surface area (Å²) in [4.78, 5) is 16.5. The van der Waals surface area contributed by atoms with E-state index < -0.39 is 0 Å². The summed E-state index contributed by atoms with van der Waals surface area (Å²) in [6, 6.07) is 4.21. The highest BCUT2D eigenvalue weighted by molar-refractivity contribution is 8.01. The van der Waals surface area contributed by atoms with E-state index in [9.17, 15) is 9.18 Å². The van der Waals surface area contributed by atoms with E-state index in [4.69, 9.17) is 0 Å². The molecule has 0 spiro atoms. The highest BCUT2D eigenvalue weighted by Gasteiger charge is 2.15. The number of benzene rings is 1. The van der Waals surface area contributed by atoms with Crippen LogP contribution in [0.1, 0.15) is 6.92 Å². The van der Waals surface area contributed by atoms with Crippen LogP contribution in [-0.2, 0) is 0 Å². The fraction of sp³-hybridized carbons (Fsp3) is 0.154. The molecule has 0 N–H and O–H groups in total. The number of rotatable bonds is 3. The molecule has 20 heavy (non-hydrogen) atoms. The molecule has 3 aromatic rings. The molecular weight excluding hydrogens is 297 g/mol. The normalized spacial score (nSPS) is 11.1. The number of halogens is 1. The van der Waals surface area contributed by atoms with Gasteiger partial charge >= 0.3 is 0 Å². The number of nitrogens with zero attached hydrogens (tertiary/aromatic N) is 3. The van der Waals surface area contributed by atoms with Gasteiger partial charge in [-0.25, -0.2) is 14.1 Å². The van der Waals surface area contributed by atoms with Crippen LogP contribution in [0.3, 0.4) is 0 Å². The quantitative estimate of drug-likeness (QED) is 0.698. The minimum atomic E-state index is -0.339. The van der Waals surface area contributed by atoms with Crippen molar-refractivity contribution in [3.05, 3.63) is 46.9 Å². The van der Waals surface area contributed by atoms with Crippen LogP contribution in [0.25, 0.3) is 15.8 Å². The fourth-order valence-electron chi connectivity index (χ4n) is 1.89. The molecule has 0 radical (unpaired) electrons. The predicted octanol–water partition coefficient (Wildman–Crippen LogP) is 3.09. The molecule has 0 aliphatic carbocycles. The second-order valence-electron chi connectivity index (χ2n) is 3.98. The largest absolute Gasteiger partial charge is 0.287 e. The Kier molecular flexibility index (Phi) is 3.54. The summed E-state index contributed by atoms with van der Waals surface area (Å²) < 4.78 is 16.3. The number of fused-ring (bicyclic) bond motifs is 1. The summed E-state index contributed by atoms with van der Waals surface area (Å²) in [5.74, 6) is 0.479. The average Bonchev–Trinajstić information content (AvgIpc) is 2.92. The fourth-order valence-corrected chi connectivity index (χ4v) is 4.26. The summed E-state index contributed by atoms with van der Waals surface area (Å²) >= 11 is 2.94. The van der Waals surface area contributed by atoms with E-state index in [1.807, 2.05) is 6.92 Å². The zero-order chi connectivity index (χ0) is 14.1. The molecule has 7 heteroatoms. The van der Waals surface area contributed by atoms with Crippen molar-refractivity contribution in [2.45, 2.75) is 11.1 Å². The molecule has 0 fully saturated rings. The van der Waals surface area contributed by atoms with Gasteiger partial charge in [-0.1, -0.05) is 6.92 Å². The summed E-state index contributed by atoms with van der Waals surface area (Å²) in [5, 5.41) is 4.54.